The molecule has 0 aliphatic carbocycles. The molecular formula is C11H14ClNS. The molecule has 2 N–H and O–H groups in total. The van der Waals surface area contributed by atoms with E-state index in [1.54, 1.807) is 0 Å². The second-order valence-corrected chi connectivity index (χ2v) is 6.21. The normalized spacial score (nSPS) is 24.4. The molecule has 0 fully saturated rings. The fraction of sp³-hybridized carbons (Fsp3) is 0.455. The first-order valence-electron chi connectivity index (χ1n) is 4.69. The van der Waals surface area contributed by atoms with Gasteiger partial charge in [-0.1, -0.05) is 23.7 Å². The van der Waals surface area contributed by atoms with Crippen LogP contribution in [-0.2, 0) is 5.75 Å². The summed E-state index contributed by atoms with van der Waals surface area (Å²) in [5.41, 5.74) is 8.64. The van der Waals surface area contributed by atoms with Gasteiger partial charge in [0.15, 0.2) is 0 Å². The Morgan fingerprint density at radius 2 is 2.21 bits per heavy atom. The van der Waals surface area contributed by atoms with E-state index in [0.717, 1.165) is 10.8 Å². The van der Waals surface area contributed by atoms with Crippen LogP contribution in [0.5, 0.6) is 0 Å². The molecule has 1 nitrogen and oxygen atoms in total. The number of halogens is 1. The maximum Gasteiger partial charge on any atom is 0.0449 e. The van der Waals surface area contributed by atoms with E-state index in [2.05, 4.69) is 19.9 Å². The average Bonchev–Trinajstić information content (AvgIpc) is 2.13. The van der Waals surface area contributed by atoms with Crippen LogP contribution in [0.15, 0.2) is 18.2 Å². The van der Waals surface area contributed by atoms with Gasteiger partial charge in [0.25, 0.3) is 0 Å². The number of thioether (sulfide) groups is 1. The lowest BCUT2D eigenvalue weighted by Gasteiger charge is -2.37. The molecule has 0 bridgehead atoms. The van der Waals surface area contributed by atoms with E-state index in [9.17, 15) is 0 Å². The Labute approximate surface area is 94.0 Å². The summed E-state index contributed by atoms with van der Waals surface area (Å²) in [7, 11) is 0. The Bertz CT molecular complexity index is 362. The molecule has 0 amide bonds. The van der Waals surface area contributed by atoms with Gasteiger partial charge in [-0.2, -0.15) is 0 Å². The van der Waals surface area contributed by atoms with Crippen LogP contribution in [0.2, 0.25) is 5.02 Å². The molecule has 1 unspecified atom stereocenters. The molecule has 1 aromatic rings. The highest BCUT2D eigenvalue weighted by Crippen LogP contribution is 2.45. The van der Waals surface area contributed by atoms with Crippen molar-refractivity contribution in [1.29, 1.82) is 0 Å². The molecule has 1 aromatic carbocycles. The molecule has 1 aliphatic rings. The van der Waals surface area contributed by atoms with E-state index in [1.807, 2.05) is 23.9 Å². The van der Waals surface area contributed by atoms with Crippen LogP contribution in [0.4, 0.5) is 0 Å². The number of fused-ring (bicyclic) bond motifs is 1. The fourth-order valence-corrected chi connectivity index (χ4v) is 3.21. The van der Waals surface area contributed by atoms with Gasteiger partial charge in [0.05, 0.1) is 0 Å². The summed E-state index contributed by atoms with van der Waals surface area (Å²) in [6.45, 7) is 4.37. The van der Waals surface area contributed by atoms with Gasteiger partial charge >= 0.3 is 0 Å². The van der Waals surface area contributed by atoms with Crippen LogP contribution in [0.1, 0.15) is 31.0 Å². The first-order valence-corrected chi connectivity index (χ1v) is 6.05. The largest absolute Gasteiger partial charge is 0.323 e. The van der Waals surface area contributed by atoms with Crippen molar-refractivity contribution < 1.29 is 0 Å². The first-order chi connectivity index (χ1) is 6.52. The molecule has 76 valence electrons. The Kier molecular flexibility index (Phi) is 2.54. The highest BCUT2D eigenvalue weighted by Gasteiger charge is 2.34. The summed E-state index contributed by atoms with van der Waals surface area (Å²) in [5, 5.41) is 0.848. The van der Waals surface area contributed by atoms with E-state index in [1.165, 1.54) is 11.1 Å². The summed E-state index contributed by atoms with van der Waals surface area (Å²) in [6.07, 6.45) is 0. The zero-order valence-corrected chi connectivity index (χ0v) is 9.95. The molecule has 1 heterocycles. The van der Waals surface area contributed by atoms with Crippen LogP contribution in [0, 0.1) is 0 Å². The van der Waals surface area contributed by atoms with Gasteiger partial charge in [-0.05, 0) is 31.0 Å². The molecule has 2 rings (SSSR count). The number of hydrogen-bond donors (Lipinski definition) is 1. The van der Waals surface area contributed by atoms with Gasteiger partial charge in [-0.25, -0.2) is 0 Å². The molecule has 0 saturated heterocycles. The van der Waals surface area contributed by atoms with Gasteiger partial charge in [-0.15, -0.1) is 11.8 Å². The third-order valence-corrected chi connectivity index (χ3v) is 4.61. The van der Waals surface area contributed by atoms with Crippen molar-refractivity contribution in [1.82, 2.24) is 0 Å². The van der Waals surface area contributed by atoms with E-state index < -0.39 is 0 Å². The molecule has 14 heavy (non-hydrogen) atoms. The van der Waals surface area contributed by atoms with Gasteiger partial charge < -0.3 is 5.73 Å². The van der Waals surface area contributed by atoms with Gasteiger partial charge in [-0.3, -0.25) is 0 Å². The predicted octanol–water partition coefficient (Wildman–Crippen LogP) is 3.37. The molecule has 1 aliphatic heterocycles. The van der Waals surface area contributed by atoms with Crippen LogP contribution in [0.25, 0.3) is 0 Å². The lowest BCUT2D eigenvalue weighted by molar-refractivity contribution is 0.552. The highest BCUT2D eigenvalue weighted by atomic mass is 35.5. The van der Waals surface area contributed by atoms with E-state index in [4.69, 9.17) is 17.3 Å². The summed E-state index contributed by atoms with van der Waals surface area (Å²) in [6, 6.07) is 6.09. The lowest BCUT2D eigenvalue weighted by Crippen LogP contribution is -2.36. The zero-order chi connectivity index (χ0) is 10.3. The summed E-state index contributed by atoms with van der Waals surface area (Å²) in [4.78, 5) is 0. The number of hydrogen-bond acceptors (Lipinski definition) is 2. The lowest BCUT2D eigenvalue weighted by atomic mass is 9.92. The molecule has 3 heteroatoms. The van der Waals surface area contributed by atoms with Crippen LogP contribution in [-0.4, -0.2) is 4.75 Å². The van der Waals surface area contributed by atoms with E-state index in [0.29, 0.717) is 0 Å². The first kappa shape index (κ1) is 10.3. The van der Waals surface area contributed by atoms with Gasteiger partial charge in [0.2, 0.25) is 0 Å². The molecule has 0 radical (unpaired) electrons. The van der Waals surface area contributed by atoms with E-state index in [-0.39, 0.29) is 10.8 Å². The van der Waals surface area contributed by atoms with Crippen LogP contribution in [0.3, 0.4) is 0 Å². The van der Waals surface area contributed by atoms with Gasteiger partial charge in [0.1, 0.15) is 0 Å². The molecular weight excluding hydrogens is 214 g/mol. The topological polar surface area (TPSA) is 26.0 Å². The quantitative estimate of drug-likeness (QED) is 0.736. The maximum absolute atomic E-state index is 6.21. The average molecular weight is 228 g/mol. The predicted molar refractivity (Wildman–Crippen MR) is 63.8 cm³/mol. The van der Waals surface area contributed by atoms with Crippen molar-refractivity contribution in [2.45, 2.75) is 30.4 Å². The highest BCUT2D eigenvalue weighted by molar-refractivity contribution is 8.00. The minimum Gasteiger partial charge on any atom is -0.323 e. The second-order valence-electron chi connectivity index (χ2n) is 4.18. The standard InChI is InChI=1S/C11H14ClNS/c1-11(2)10(13)7-4-3-5-9(12)8(7)6-14-11/h3-5,10H,6,13H2,1-2H3. The van der Waals surface area contributed by atoms with E-state index >= 15 is 0 Å². The Morgan fingerprint density at radius 1 is 1.50 bits per heavy atom. The molecule has 0 saturated carbocycles. The van der Waals surface area contributed by atoms with Crippen molar-refractivity contribution in [3.63, 3.8) is 0 Å². The van der Waals surface area contributed by atoms with Crippen molar-refractivity contribution >= 4 is 23.4 Å². The molecule has 0 spiro atoms. The monoisotopic (exact) mass is 227 g/mol. The van der Waals surface area contributed by atoms with Crippen LogP contribution < -0.4 is 5.73 Å². The number of rotatable bonds is 0. The number of nitrogens with two attached hydrogens (primary N) is 1. The summed E-state index contributed by atoms with van der Waals surface area (Å²) >= 11 is 8.01. The zero-order valence-electron chi connectivity index (χ0n) is 8.38. The van der Waals surface area contributed by atoms with Crippen molar-refractivity contribution in [3.05, 3.63) is 34.3 Å². The third kappa shape index (κ3) is 1.56. The third-order valence-electron chi connectivity index (χ3n) is 2.83. The van der Waals surface area contributed by atoms with Gasteiger partial charge in [0, 0.05) is 21.6 Å². The van der Waals surface area contributed by atoms with Crippen LogP contribution >= 0.6 is 23.4 Å². The molecule has 0 aromatic heterocycles. The van der Waals surface area contributed by atoms with Crippen molar-refractivity contribution in [3.8, 4) is 0 Å². The Morgan fingerprint density at radius 3 is 2.93 bits per heavy atom. The minimum absolute atomic E-state index is 0.0787. The molecule has 1 atom stereocenters. The summed E-state index contributed by atoms with van der Waals surface area (Å²) < 4.78 is 0.109. The van der Waals surface area contributed by atoms with Crippen molar-refractivity contribution in [2.24, 2.45) is 5.73 Å². The smallest absolute Gasteiger partial charge is 0.0449 e. The minimum atomic E-state index is 0.0787. The number of benzene rings is 1. The SMILES string of the molecule is CC1(C)SCc2c(Cl)cccc2C1N. The fourth-order valence-electron chi connectivity index (χ4n) is 1.74. The Balaban J connectivity index is 2.51. The maximum atomic E-state index is 6.21. The van der Waals surface area contributed by atoms with Crippen molar-refractivity contribution in [2.75, 3.05) is 0 Å². The summed E-state index contributed by atoms with van der Waals surface area (Å²) in [5.74, 6) is 0.968. The Hall–Kier alpha value is -0.180. The second kappa shape index (κ2) is 3.44.